The van der Waals surface area contributed by atoms with Crippen molar-refractivity contribution in [2.24, 2.45) is 7.05 Å². The highest BCUT2D eigenvalue weighted by molar-refractivity contribution is 5.84. The summed E-state index contributed by atoms with van der Waals surface area (Å²) in [7, 11) is 1.93. The van der Waals surface area contributed by atoms with Crippen LogP contribution in [-0.4, -0.2) is 43.0 Å². The summed E-state index contributed by atoms with van der Waals surface area (Å²) in [6, 6.07) is 0.233. The highest BCUT2D eigenvalue weighted by atomic mass is 16.2. The summed E-state index contributed by atoms with van der Waals surface area (Å²) in [5.74, 6) is 0.0548. The Bertz CT molecular complexity index is 745. The third-order valence-corrected chi connectivity index (χ3v) is 5.19. The molecule has 6 heteroatoms. The molecule has 3 heterocycles. The second-order valence-electron chi connectivity index (χ2n) is 7.00. The topological polar surface area (TPSA) is 56.0 Å². The van der Waals surface area contributed by atoms with E-state index in [1.807, 2.05) is 61.4 Å². The van der Waals surface area contributed by atoms with Crippen LogP contribution in [0.15, 0.2) is 12.4 Å². The van der Waals surface area contributed by atoms with Crippen molar-refractivity contribution in [3.63, 3.8) is 0 Å². The molecular weight excluding hydrogens is 302 g/mol. The molecule has 2 aromatic heterocycles. The number of aromatic nitrogens is 4. The number of amides is 1. The highest BCUT2D eigenvalue weighted by Gasteiger charge is 2.34. The third-order valence-electron chi connectivity index (χ3n) is 5.19. The summed E-state index contributed by atoms with van der Waals surface area (Å²) in [4.78, 5) is 15.2. The van der Waals surface area contributed by atoms with Gasteiger partial charge in [-0.15, -0.1) is 0 Å². The van der Waals surface area contributed by atoms with Gasteiger partial charge in [0.2, 0.25) is 5.91 Å². The Labute approximate surface area is 143 Å². The lowest BCUT2D eigenvalue weighted by Crippen LogP contribution is -2.40. The van der Waals surface area contributed by atoms with Crippen molar-refractivity contribution in [1.29, 1.82) is 0 Å². The summed E-state index contributed by atoms with van der Waals surface area (Å²) < 4.78 is 3.82. The zero-order valence-electron chi connectivity index (χ0n) is 15.3. The van der Waals surface area contributed by atoms with Crippen LogP contribution in [0, 0.1) is 20.8 Å². The molecule has 0 spiro atoms. The van der Waals surface area contributed by atoms with E-state index in [0.717, 1.165) is 48.4 Å². The molecule has 1 aliphatic heterocycles. The van der Waals surface area contributed by atoms with Gasteiger partial charge < -0.3 is 4.90 Å². The number of aryl methyl sites for hydroxylation is 3. The molecule has 0 bridgehead atoms. The van der Waals surface area contributed by atoms with Crippen LogP contribution in [0.1, 0.15) is 48.2 Å². The van der Waals surface area contributed by atoms with Crippen LogP contribution in [0.3, 0.4) is 0 Å². The van der Waals surface area contributed by atoms with Gasteiger partial charge in [0.25, 0.3) is 0 Å². The summed E-state index contributed by atoms with van der Waals surface area (Å²) in [6.45, 7) is 9.68. The normalized spacial score (nSPS) is 19.0. The van der Waals surface area contributed by atoms with Crippen LogP contribution in [-0.2, 0) is 18.4 Å². The largest absolute Gasteiger partial charge is 0.337 e. The Balaban J connectivity index is 1.77. The number of carbonyl (C=O) groups excluding carboxylic acids is 1. The fraction of sp³-hybridized carbons (Fsp3) is 0.611. The lowest BCUT2D eigenvalue weighted by Gasteiger charge is -2.28. The van der Waals surface area contributed by atoms with Crippen molar-refractivity contribution in [1.82, 2.24) is 24.5 Å². The van der Waals surface area contributed by atoms with E-state index in [-0.39, 0.29) is 17.9 Å². The van der Waals surface area contributed by atoms with E-state index in [2.05, 4.69) is 10.2 Å². The molecule has 2 atom stereocenters. The van der Waals surface area contributed by atoms with Gasteiger partial charge in [0.1, 0.15) is 0 Å². The van der Waals surface area contributed by atoms with Crippen LogP contribution in [0.4, 0.5) is 0 Å². The molecule has 130 valence electrons. The minimum atomic E-state index is -0.154. The van der Waals surface area contributed by atoms with Crippen LogP contribution < -0.4 is 0 Å². The number of hydrogen-bond acceptors (Lipinski definition) is 3. The van der Waals surface area contributed by atoms with Crippen molar-refractivity contribution in [3.05, 3.63) is 34.9 Å². The molecule has 3 rings (SSSR count). The van der Waals surface area contributed by atoms with Crippen LogP contribution in [0.5, 0.6) is 0 Å². The van der Waals surface area contributed by atoms with Gasteiger partial charge in [-0.2, -0.15) is 10.2 Å². The fourth-order valence-electron chi connectivity index (χ4n) is 3.89. The number of hydrogen-bond donors (Lipinski definition) is 0. The Kier molecular flexibility index (Phi) is 4.47. The third kappa shape index (κ3) is 2.97. The van der Waals surface area contributed by atoms with E-state index in [4.69, 9.17) is 0 Å². The van der Waals surface area contributed by atoms with Crippen molar-refractivity contribution in [3.8, 4) is 0 Å². The molecule has 2 aromatic rings. The molecule has 0 aromatic carbocycles. The first-order valence-electron chi connectivity index (χ1n) is 8.68. The molecule has 6 nitrogen and oxygen atoms in total. The van der Waals surface area contributed by atoms with E-state index < -0.39 is 0 Å². The molecule has 1 fully saturated rings. The fourth-order valence-corrected chi connectivity index (χ4v) is 3.89. The summed E-state index contributed by atoms with van der Waals surface area (Å²) in [6.07, 6.45) is 6.02. The van der Waals surface area contributed by atoms with E-state index >= 15 is 0 Å². The Morgan fingerprint density at radius 2 is 2.12 bits per heavy atom. The molecule has 1 amide bonds. The lowest BCUT2D eigenvalue weighted by atomic mass is 9.97. The zero-order valence-corrected chi connectivity index (χ0v) is 15.3. The van der Waals surface area contributed by atoms with Gasteiger partial charge in [-0.3, -0.25) is 14.2 Å². The van der Waals surface area contributed by atoms with Gasteiger partial charge in [-0.25, -0.2) is 0 Å². The van der Waals surface area contributed by atoms with Crippen molar-refractivity contribution < 1.29 is 4.79 Å². The van der Waals surface area contributed by atoms with Crippen LogP contribution in [0.2, 0.25) is 0 Å². The van der Waals surface area contributed by atoms with Gasteiger partial charge >= 0.3 is 0 Å². The SMILES string of the molecule is Cc1cnn(C[C@H]2CCCN2C(=O)[C@@H](C)c2c(C)nn(C)c2C)c1. The number of carbonyl (C=O) groups is 1. The first-order chi connectivity index (χ1) is 11.4. The molecule has 0 radical (unpaired) electrons. The standard InChI is InChI=1S/C18H27N5O/c1-12-9-19-22(10-12)11-16-7-6-8-23(16)18(24)13(2)17-14(3)20-21(5)15(17)4/h9-10,13,16H,6-8,11H2,1-5H3/t13-,16+/m0/s1. The average molecular weight is 329 g/mol. The van der Waals surface area contributed by atoms with Gasteiger partial charge in [-0.1, -0.05) is 0 Å². The molecule has 0 N–H and O–H groups in total. The Morgan fingerprint density at radius 1 is 1.38 bits per heavy atom. The van der Waals surface area contributed by atoms with E-state index in [1.165, 1.54) is 0 Å². The number of likely N-dealkylation sites (tertiary alicyclic amines) is 1. The Morgan fingerprint density at radius 3 is 2.71 bits per heavy atom. The second-order valence-corrected chi connectivity index (χ2v) is 7.00. The van der Waals surface area contributed by atoms with E-state index in [1.54, 1.807) is 0 Å². The smallest absolute Gasteiger partial charge is 0.230 e. The van der Waals surface area contributed by atoms with Crippen molar-refractivity contribution >= 4 is 5.91 Å². The van der Waals surface area contributed by atoms with Crippen LogP contribution >= 0.6 is 0 Å². The summed E-state index contributed by atoms with van der Waals surface area (Å²) in [5.41, 5.74) is 4.25. The number of nitrogens with zero attached hydrogens (tertiary/aromatic N) is 5. The van der Waals surface area contributed by atoms with Gasteiger partial charge in [0, 0.05) is 31.0 Å². The number of rotatable bonds is 4. The maximum Gasteiger partial charge on any atom is 0.230 e. The second kappa shape index (κ2) is 6.42. The van der Waals surface area contributed by atoms with Gasteiger partial charge in [0.15, 0.2) is 0 Å². The zero-order chi connectivity index (χ0) is 17.4. The molecule has 0 unspecified atom stereocenters. The molecule has 0 saturated carbocycles. The highest BCUT2D eigenvalue weighted by Crippen LogP contribution is 2.28. The summed E-state index contributed by atoms with van der Waals surface area (Å²) >= 11 is 0. The average Bonchev–Trinajstić information content (AvgIpc) is 3.21. The van der Waals surface area contributed by atoms with E-state index in [9.17, 15) is 4.79 Å². The van der Waals surface area contributed by atoms with Crippen molar-refractivity contribution in [2.75, 3.05) is 6.54 Å². The van der Waals surface area contributed by atoms with Crippen molar-refractivity contribution in [2.45, 2.75) is 59.0 Å². The first-order valence-corrected chi connectivity index (χ1v) is 8.68. The lowest BCUT2D eigenvalue weighted by molar-refractivity contribution is -0.133. The van der Waals surface area contributed by atoms with Crippen LogP contribution in [0.25, 0.3) is 0 Å². The first kappa shape index (κ1) is 16.7. The predicted molar refractivity (Wildman–Crippen MR) is 92.8 cm³/mol. The molecular formula is C18H27N5O. The monoisotopic (exact) mass is 329 g/mol. The molecule has 24 heavy (non-hydrogen) atoms. The molecule has 0 aliphatic carbocycles. The minimum absolute atomic E-state index is 0.154. The molecule has 1 saturated heterocycles. The van der Waals surface area contributed by atoms with E-state index in [0.29, 0.717) is 0 Å². The maximum atomic E-state index is 13.1. The minimum Gasteiger partial charge on any atom is -0.337 e. The maximum absolute atomic E-state index is 13.1. The molecule has 1 aliphatic rings. The quantitative estimate of drug-likeness (QED) is 0.865. The predicted octanol–water partition coefficient (Wildman–Crippen LogP) is 2.34. The summed E-state index contributed by atoms with van der Waals surface area (Å²) in [5, 5.41) is 8.84. The van der Waals surface area contributed by atoms with Gasteiger partial charge in [0.05, 0.1) is 30.4 Å². The Hall–Kier alpha value is -2.11. The van der Waals surface area contributed by atoms with Gasteiger partial charge in [-0.05, 0) is 46.1 Å².